The van der Waals surface area contributed by atoms with E-state index in [2.05, 4.69) is 61.9 Å². The van der Waals surface area contributed by atoms with Crippen LogP contribution in [0.4, 0.5) is 0 Å². The van der Waals surface area contributed by atoms with E-state index in [4.69, 9.17) is 0 Å². The minimum absolute atomic E-state index is 1.19. The molecule has 0 atom stereocenters. The molecule has 22 heavy (non-hydrogen) atoms. The number of unbranched alkanes of at least 4 members (excludes halogenated alkanes) is 2. The van der Waals surface area contributed by atoms with Crippen LogP contribution in [-0.2, 0) is 19.9 Å². The first-order valence-electron chi connectivity index (χ1n) is 8.74. The molecule has 0 fully saturated rings. The van der Waals surface area contributed by atoms with Gasteiger partial charge in [-0.05, 0) is 61.1 Å². The Morgan fingerprint density at radius 1 is 0.727 bits per heavy atom. The van der Waals surface area contributed by atoms with Gasteiger partial charge in [-0.3, -0.25) is 0 Å². The zero-order chi connectivity index (χ0) is 15.5. The Morgan fingerprint density at radius 3 is 1.59 bits per heavy atom. The van der Waals surface area contributed by atoms with Crippen molar-refractivity contribution >= 4 is 21.8 Å². The van der Waals surface area contributed by atoms with Gasteiger partial charge < -0.3 is 4.57 Å². The minimum atomic E-state index is 1.19. The highest BCUT2D eigenvalue weighted by Crippen LogP contribution is 2.30. The van der Waals surface area contributed by atoms with Crippen LogP contribution in [0.3, 0.4) is 0 Å². The molecule has 116 valence electrons. The first-order valence-corrected chi connectivity index (χ1v) is 8.74. The molecule has 2 aromatic carbocycles. The lowest BCUT2D eigenvalue weighted by Crippen LogP contribution is -1.88. The fraction of sp³-hybridized carbons (Fsp3) is 0.429. The molecule has 1 aromatic heterocycles. The summed E-state index contributed by atoms with van der Waals surface area (Å²) in [6.07, 6.45) is 7.45. The monoisotopic (exact) mass is 293 g/mol. The van der Waals surface area contributed by atoms with Crippen LogP contribution >= 0.6 is 0 Å². The molecule has 0 bridgehead atoms. The van der Waals surface area contributed by atoms with Gasteiger partial charge in [-0.25, -0.2) is 0 Å². The van der Waals surface area contributed by atoms with E-state index in [1.54, 1.807) is 0 Å². The molecule has 0 spiro atoms. The molecule has 0 saturated heterocycles. The molecule has 0 aliphatic heterocycles. The van der Waals surface area contributed by atoms with E-state index in [-0.39, 0.29) is 0 Å². The molecule has 0 amide bonds. The third-order valence-electron chi connectivity index (χ3n) is 4.77. The van der Waals surface area contributed by atoms with Crippen LogP contribution in [-0.4, -0.2) is 4.57 Å². The molecule has 3 rings (SSSR count). The Hall–Kier alpha value is -1.76. The number of aromatic nitrogens is 1. The maximum absolute atomic E-state index is 2.41. The number of rotatable bonds is 6. The van der Waals surface area contributed by atoms with E-state index in [9.17, 15) is 0 Å². The summed E-state index contributed by atoms with van der Waals surface area (Å²) in [5.41, 5.74) is 5.65. The number of hydrogen-bond acceptors (Lipinski definition) is 0. The summed E-state index contributed by atoms with van der Waals surface area (Å²) in [7, 11) is 2.18. The average Bonchev–Trinajstić information content (AvgIpc) is 2.83. The van der Waals surface area contributed by atoms with Crippen molar-refractivity contribution in [1.82, 2.24) is 4.57 Å². The lowest BCUT2D eigenvalue weighted by molar-refractivity contribution is 0.795. The zero-order valence-electron chi connectivity index (χ0n) is 14.2. The predicted octanol–water partition coefficient (Wildman–Crippen LogP) is 6.02. The van der Waals surface area contributed by atoms with Gasteiger partial charge >= 0.3 is 0 Å². The summed E-state index contributed by atoms with van der Waals surface area (Å²) in [6.45, 7) is 4.52. The smallest absolute Gasteiger partial charge is 0.0488 e. The summed E-state index contributed by atoms with van der Waals surface area (Å²) in [6, 6.07) is 14.0. The third-order valence-corrected chi connectivity index (χ3v) is 4.77. The largest absolute Gasteiger partial charge is 0.344 e. The van der Waals surface area contributed by atoms with Gasteiger partial charge in [0, 0.05) is 28.9 Å². The highest BCUT2D eigenvalue weighted by molar-refractivity contribution is 6.08. The Bertz CT molecular complexity index is 714. The summed E-state index contributed by atoms with van der Waals surface area (Å²) in [5, 5.41) is 2.84. The maximum atomic E-state index is 2.41. The van der Waals surface area contributed by atoms with E-state index < -0.39 is 0 Å². The van der Waals surface area contributed by atoms with Crippen LogP contribution < -0.4 is 0 Å². The molecular weight excluding hydrogens is 266 g/mol. The van der Waals surface area contributed by atoms with Crippen molar-refractivity contribution in [1.29, 1.82) is 0 Å². The molecule has 0 aliphatic rings. The van der Waals surface area contributed by atoms with E-state index in [0.717, 1.165) is 0 Å². The van der Waals surface area contributed by atoms with Gasteiger partial charge in [0.1, 0.15) is 0 Å². The number of benzene rings is 2. The Morgan fingerprint density at radius 2 is 1.18 bits per heavy atom. The van der Waals surface area contributed by atoms with E-state index in [0.29, 0.717) is 0 Å². The molecular formula is C21H27N. The fourth-order valence-corrected chi connectivity index (χ4v) is 3.39. The van der Waals surface area contributed by atoms with Gasteiger partial charge in [0.2, 0.25) is 0 Å². The lowest BCUT2D eigenvalue weighted by atomic mass is 10.0. The topological polar surface area (TPSA) is 4.93 Å². The minimum Gasteiger partial charge on any atom is -0.344 e. The van der Waals surface area contributed by atoms with Gasteiger partial charge in [0.25, 0.3) is 0 Å². The van der Waals surface area contributed by atoms with Gasteiger partial charge in [-0.15, -0.1) is 0 Å². The van der Waals surface area contributed by atoms with Gasteiger partial charge in [-0.2, -0.15) is 0 Å². The lowest BCUT2D eigenvalue weighted by Gasteiger charge is -2.02. The molecule has 0 N–H and O–H groups in total. The highest BCUT2D eigenvalue weighted by Gasteiger charge is 2.09. The SMILES string of the molecule is CCCCc1ccc2c(c1)c1cc(CCCC)ccc1n2C. The molecule has 0 saturated carbocycles. The van der Waals surface area contributed by atoms with Crippen molar-refractivity contribution in [2.45, 2.75) is 52.4 Å². The number of nitrogens with zero attached hydrogens (tertiary/aromatic N) is 1. The van der Waals surface area contributed by atoms with Crippen LogP contribution in [0, 0.1) is 0 Å². The van der Waals surface area contributed by atoms with Crippen molar-refractivity contribution < 1.29 is 0 Å². The van der Waals surface area contributed by atoms with Crippen molar-refractivity contribution in [3.63, 3.8) is 0 Å². The Balaban J connectivity index is 2.10. The second-order valence-corrected chi connectivity index (χ2v) is 6.47. The standard InChI is InChI=1S/C21H27N/c1-4-6-8-16-10-12-20-18(14-16)19-15-17(9-7-5-2)11-13-21(19)22(20)3/h10-15H,4-9H2,1-3H3. The number of fused-ring (bicyclic) bond motifs is 3. The van der Waals surface area contributed by atoms with Crippen LogP contribution in [0.25, 0.3) is 21.8 Å². The normalized spacial score (nSPS) is 11.6. The summed E-state index contributed by atoms with van der Waals surface area (Å²) >= 11 is 0. The second-order valence-electron chi connectivity index (χ2n) is 6.47. The van der Waals surface area contributed by atoms with Crippen LogP contribution in [0.1, 0.15) is 50.7 Å². The second kappa shape index (κ2) is 6.56. The first-order chi connectivity index (χ1) is 10.7. The average molecular weight is 293 g/mol. The van der Waals surface area contributed by atoms with E-state index in [1.165, 1.54) is 71.5 Å². The van der Waals surface area contributed by atoms with Crippen LogP contribution in [0.5, 0.6) is 0 Å². The van der Waals surface area contributed by atoms with Crippen molar-refractivity contribution in [2.75, 3.05) is 0 Å². The van der Waals surface area contributed by atoms with Crippen molar-refractivity contribution in [3.8, 4) is 0 Å². The molecule has 1 heterocycles. The molecule has 1 nitrogen and oxygen atoms in total. The van der Waals surface area contributed by atoms with Crippen LogP contribution in [0.2, 0.25) is 0 Å². The van der Waals surface area contributed by atoms with Crippen molar-refractivity contribution in [2.24, 2.45) is 7.05 Å². The third kappa shape index (κ3) is 2.77. The van der Waals surface area contributed by atoms with Crippen LogP contribution in [0.15, 0.2) is 36.4 Å². The summed E-state index contributed by atoms with van der Waals surface area (Å²) in [4.78, 5) is 0. The van der Waals surface area contributed by atoms with Crippen molar-refractivity contribution in [3.05, 3.63) is 47.5 Å². The maximum Gasteiger partial charge on any atom is 0.0488 e. The van der Waals surface area contributed by atoms with Gasteiger partial charge in [0.15, 0.2) is 0 Å². The molecule has 0 radical (unpaired) electrons. The molecule has 0 unspecified atom stereocenters. The summed E-state index contributed by atoms with van der Waals surface area (Å²) < 4.78 is 2.33. The van der Waals surface area contributed by atoms with Gasteiger partial charge in [-0.1, -0.05) is 38.8 Å². The Kier molecular flexibility index (Phi) is 4.52. The summed E-state index contributed by atoms with van der Waals surface area (Å²) in [5.74, 6) is 0. The first kappa shape index (κ1) is 15.1. The predicted molar refractivity (Wildman–Crippen MR) is 97.6 cm³/mol. The molecule has 0 aliphatic carbocycles. The van der Waals surface area contributed by atoms with E-state index in [1.807, 2.05) is 0 Å². The molecule has 3 aromatic rings. The fourth-order valence-electron chi connectivity index (χ4n) is 3.39. The number of aryl methyl sites for hydroxylation is 3. The highest BCUT2D eigenvalue weighted by atomic mass is 14.9. The Labute approximate surface area is 133 Å². The quantitative estimate of drug-likeness (QED) is 0.524. The van der Waals surface area contributed by atoms with Gasteiger partial charge in [0.05, 0.1) is 0 Å². The molecule has 1 heteroatoms. The zero-order valence-corrected chi connectivity index (χ0v) is 14.2. The number of hydrogen-bond donors (Lipinski definition) is 0. The van der Waals surface area contributed by atoms with E-state index >= 15 is 0 Å².